The Morgan fingerprint density at radius 3 is 2.38 bits per heavy atom. The van der Waals surface area contributed by atoms with Gasteiger partial charge in [0, 0.05) is 24.7 Å². The van der Waals surface area contributed by atoms with Crippen molar-refractivity contribution in [2.24, 2.45) is 7.05 Å². The first kappa shape index (κ1) is 21.2. The summed E-state index contributed by atoms with van der Waals surface area (Å²) >= 11 is 0. The van der Waals surface area contributed by atoms with Crippen molar-refractivity contribution >= 4 is 11.7 Å². The van der Waals surface area contributed by atoms with Crippen LogP contribution in [-0.2, 0) is 13.2 Å². The third-order valence-electron chi connectivity index (χ3n) is 4.62. The number of carbonyl (C=O) groups excluding carboxylic acids is 1. The molecule has 1 N–H and O–H groups in total. The van der Waals surface area contributed by atoms with Gasteiger partial charge in [0.2, 0.25) is 0 Å². The van der Waals surface area contributed by atoms with Crippen molar-refractivity contribution in [2.45, 2.75) is 6.18 Å². The maximum absolute atomic E-state index is 13.8. The molecule has 1 amide bonds. The smallest absolute Gasteiger partial charge is 0.307 e. The van der Waals surface area contributed by atoms with E-state index in [0.29, 0.717) is 28.7 Å². The molecule has 2 aromatic heterocycles. The Morgan fingerprint density at radius 1 is 1.00 bits per heavy atom. The molecule has 0 spiro atoms. The second-order valence-electron chi connectivity index (χ2n) is 6.77. The van der Waals surface area contributed by atoms with Crippen LogP contribution in [0.3, 0.4) is 0 Å². The Balaban J connectivity index is 1.70. The van der Waals surface area contributed by atoms with Gasteiger partial charge in [-0.15, -0.1) is 0 Å². The van der Waals surface area contributed by atoms with Crippen molar-refractivity contribution in [3.8, 4) is 16.9 Å². The fraction of sp³-hybridized carbons (Fsp3) is 0.0952. The highest BCUT2D eigenvalue weighted by atomic mass is 19.4. The zero-order chi connectivity index (χ0) is 23.0. The summed E-state index contributed by atoms with van der Waals surface area (Å²) < 4.78 is 69.7. The minimum Gasteiger partial charge on any atom is -0.307 e. The Bertz CT molecular complexity index is 1290. The van der Waals surface area contributed by atoms with Crippen LogP contribution in [-0.4, -0.2) is 25.5 Å². The molecule has 0 aliphatic rings. The highest BCUT2D eigenvalue weighted by Crippen LogP contribution is 2.34. The SMILES string of the molecule is Cn1nc(-c2ccccc2)cc1NC(=O)c1cnn(-c2ccc(F)c(F)c2)c1C(F)(F)F. The molecule has 0 saturated heterocycles. The van der Waals surface area contributed by atoms with Crippen molar-refractivity contribution in [1.29, 1.82) is 0 Å². The second-order valence-corrected chi connectivity index (χ2v) is 6.77. The van der Waals surface area contributed by atoms with Gasteiger partial charge in [-0.1, -0.05) is 30.3 Å². The molecule has 32 heavy (non-hydrogen) atoms. The summed E-state index contributed by atoms with van der Waals surface area (Å²) in [7, 11) is 1.53. The summed E-state index contributed by atoms with van der Waals surface area (Å²) in [5.41, 5.74) is -1.33. The number of nitrogens with one attached hydrogen (secondary N) is 1. The first-order valence-electron chi connectivity index (χ1n) is 9.16. The summed E-state index contributed by atoms with van der Waals surface area (Å²) in [6.45, 7) is 0. The molecule has 11 heteroatoms. The highest BCUT2D eigenvalue weighted by Gasteiger charge is 2.40. The van der Waals surface area contributed by atoms with Crippen molar-refractivity contribution in [3.63, 3.8) is 0 Å². The molecule has 0 fully saturated rings. The Hall–Kier alpha value is -4.02. The predicted molar refractivity (Wildman–Crippen MR) is 105 cm³/mol. The van der Waals surface area contributed by atoms with E-state index in [2.05, 4.69) is 15.5 Å². The van der Waals surface area contributed by atoms with E-state index < -0.39 is 35.0 Å². The zero-order valence-electron chi connectivity index (χ0n) is 16.4. The lowest BCUT2D eigenvalue weighted by atomic mass is 10.1. The lowest BCUT2D eigenvalue weighted by Crippen LogP contribution is -2.21. The number of rotatable bonds is 4. The van der Waals surface area contributed by atoms with Gasteiger partial charge in [-0.05, 0) is 12.1 Å². The van der Waals surface area contributed by atoms with E-state index in [9.17, 15) is 26.7 Å². The number of anilines is 1. The van der Waals surface area contributed by atoms with Crippen molar-refractivity contribution in [3.05, 3.63) is 83.7 Å². The monoisotopic (exact) mass is 447 g/mol. The fourth-order valence-electron chi connectivity index (χ4n) is 3.12. The molecule has 2 aromatic carbocycles. The molecular weight excluding hydrogens is 433 g/mol. The van der Waals surface area contributed by atoms with Gasteiger partial charge in [-0.2, -0.15) is 23.4 Å². The number of amides is 1. The highest BCUT2D eigenvalue weighted by molar-refractivity contribution is 6.05. The average Bonchev–Trinajstić information content (AvgIpc) is 3.35. The number of carbonyl (C=O) groups is 1. The van der Waals surface area contributed by atoms with Gasteiger partial charge >= 0.3 is 6.18 Å². The normalized spacial score (nSPS) is 11.6. The summed E-state index contributed by atoms with van der Waals surface area (Å²) in [4.78, 5) is 12.7. The van der Waals surface area contributed by atoms with Crippen LogP contribution in [0.15, 0.2) is 60.8 Å². The number of hydrogen-bond acceptors (Lipinski definition) is 3. The van der Waals surface area contributed by atoms with E-state index in [4.69, 9.17) is 0 Å². The number of benzene rings is 2. The molecule has 0 atom stereocenters. The standard InChI is InChI=1S/C21H14F5N5O/c1-30-18(10-17(29-30)12-5-3-2-4-6-12)28-20(32)14-11-27-31(19(14)21(24,25)26)13-7-8-15(22)16(23)9-13/h2-11H,1H3,(H,28,32). The number of alkyl halides is 3. The van der Waals surface area contributed by atoms with Crippen LogP contribution in [0.25, 0.3) is 16.9 Å². The van der Waals surface area contributed by atoms with Crippen molar-refractivity contribution in [2.75, 3.05) is 5.32 Å². The molecule has 0 unspecified atom stereocenters. The quantitative estimate of drug-likeness (QED) is 0.456. The summed E-state index contributed by atoms with van der Waals surface area (Å²) in [5, 5.41) is 10.2. The van der Waals surface area contributed by atoms with Gasteiger partial charge < -0.3 is 5.32 Å². The largest absolute Gasteiger partial charge is 0.434 e. The molecule has 0 radical (unpaired) electrons. The first-order chi connectivity index (χ1) is 15.1. The Labute approximate surface area is 177 Å². The number of aryl methyl sites for hydroxylation is 1. The number of hydrogen-bond donors (Lipinski definition) is 1. The Kier molecular flexibility index (Phi) is 5.25. The van der Waals surface area contributed by atoms with Crippen LogP contribution < -0.4 is 5.32 Å². The molecule has 4 rings (SSSR count). The van der Waals surface area contributed by atoms with Crippen LogP contribution in [0.5, 0.6) is 0 Å². The molecule has 0 aliphatic heterocycles. The van der Waals surface area contributed by atoms with Crippen molar-refractivity contribution in [1.82, 2.24) is 19.6 Å². The summed E-state index contributed by atoms with van der Waals surface area (Å²) in [6, 6.07) is 12.7. The number of nitrogens with zero attached hydrogens (tertiary/aromatic N) is 4. The number of aromatic nitrogens is 4. The van der Waals surface area contributed by atoms with E-state index >= 15 is 0 Å². The van der Waals surface area contributed by atoms with Crippen molar-refractivity contribution < 1.29 is 26.7 Å². The summed E-state index contributed by atoms with van der Waals surface area (Å²) in [6.07, 6.45) is -4.29. The van der Waals surface area contributed by atoms with Gasteiger partial charge in [0.05, 0.1) is 23.1 Å². The molecule has 2 heterocycles. The zero-order valence-corrected chi connectivity index (χ0v) is 16.4. The second kappa shape index (κ2) is 7.91. The first-order valence-corrected chi connectivity index (χ1v) is 9.16. The third kappa shape index (κ3) is 3.96. The minimum absolute atomic E-state index is 0.155. The van der Waals surface area contributed by atoms with Gasteiger partial charge in [0.1, 0.15) is 5.82 Å². The lowest BCUT2D eigenvalue weighted by molar-refractivity contribution is -0.143. The molecule has 164 valence electrons. The van der Waals surface area contributed by atoms with E-state index in [-0.39, 0.29) is 11.5 Å². The van der Waals surface area contributed by atoms with Crippen LogP contribution in [0, 0.1) is 11.6 Å². The maximum atomic E-state index is 13.8. The van der Waals surface area contributed by atoms with Crippen LogP contribution in [0.2, 0.25) is 0 Å². The van der Waals surface area contributed by atoms with E-state index in [0.717, 1.165) is 11.6 Å². The molecule has 0 saturated carbocycles. The lowest BCUT2D eigenvalue weighted by Gasteiger charge is -2.13. The third-order valence-corrected chi connectivity index (χ3v) is 4.62. The summed E-state index contributed by atoms with van der Waals surface area (Å²) in [5.74, 6) is -3.50. The molecule has 0 aliphatic carbocycles. The minimum atomic E-state index is -5.00. The topological polar surface area (TPSA) is 64.7 Å². The molecule has 0 bridgehead atoms. The van der Waals surface area contributed by atoms with Gasteiger partial charge in [-0.25, -0.2) is 13.5 Å². The van der Waals surface area contributed by atoms with E-state index in [1.165, 1.54) is 17.8 Å². The van der Waals surface area contributed by atoms with Gasteiger partial charge in [-0.3, -0.25) is 9.48 Å². The van der Waals surface area contributed by atoms with Gasteiger partial charge in [0.25, 0.3) is 5.91 Å². The van der Waals surface area contributed by atoms with Crippen LogP contribution >= 0.6 is 0 Å². The molecule has 4 aromatic rings. The molecule has 6 nitrogen and oxygen atoms in total. The maximum Gasteiger partial charge on any atom is 0.434 e. The fourth-order valence-corrected chi connectivity index (χ4v) is 3.12. The average molecular weight is 447 g/mol. The number of halogens is 5. The van der Waals surface area contributed by atoms with E-state index in [1.807, 2.05) is 6.07 Å². The van der Waals surface area contributed by atoms with Crippen LogP contribution in [0.1, 0.15) is 16.1 Å². The van der Waals surface area contributed by atoms with Crippen LogP contribution in [0.4, 0.5) is 27.8 Å². The van der Waals surface area contributed by atoms with E-state index in [1.54, 1.807) is 24.3 Å². The Morgan fingerprint density at radius 2 is 1.72 bits per heavy atom. The predicted octanol–water partition coefficient (Wildman–Crippen LogP) is 4.82. The molecular formula is C21H14F5N5O. The van der Waals surface area contributed by atoms with Gasteiger partial charge in [0.15, 0.2) is 17.3 Å².